The molecule has 0 rings (SSSR count). The first-order valence-electron chi connectivity index (χ1n) is 4.20. The van der Waals surface area contributed by atoms with E-state index in [4.69, 9.17) is 0 Å². The molecular weight excluding hydrogens is 120 g/mol. The molecule has 0 unspecified atom stereocenters. The lowest BCUT2D eigenvalue weighted by molar-refractivity contribution is 0.393. The van der Waals surface area contributed by atoms with Crippen LogP contribution in [-0.2, 0) is 0 Å². The SMILES string of the molecule is CCC(C)(C=C(C)C)CC. The maximum atomic E-state index is 2.38. The van der Waals surface area contributed by atoms with Gasteiger partial charge in [0.1, 0.15) is 0 Å². The zero-order valence-electron chi connectivity index (χ0n) is 7.99. The van der Waals surface area contributed by atoms with Crippen molar-refractivity contribution in [2.45, 2.75) is 47.5 Å². The van der Waals surface area contributed by atoms with E-state index < -0.39 is 0 Å². The average molecular weight is 140 g/mol. The molecule has 0 saturated heterocycles. The molecule has 0 spiro atoms. The molecule has 0 bridgehead atoms. The Labute approximate surface area is 65.3 Å². The van der Waals surface area contributed by atoms with Gasteiger partial charge in [0, 0.05) is 0 Å². The highest BCUT2D eigenvalue weighted by molar-refractivity contribution is 5.02. The van der Waals surface area contributed by atoms with E-state index in [-0.39, 0.29) is 0 Å². The van der Waals surface area contributed by atoms with E-state index in [1.165, 1.54) is 18.4 Å². The molecule has 10 heavy (non-hydrogen) atoms. The monoisotopic (exact) mass is 140 g/mol. The van der Waals surface area contributed by atoms with Crippen LogP contribution >= 0.6 is 0 Å². The first-order valence-corrected chi connectivity index (χ1v) is 4.20. The van der Waals surface area contributed by atoms with E-state index in [0.717, 1.165) is 0 Å². The van der Waals surface area contributed by atoms with Gasteiger partial charge >= 0.3 is 0 Å². The second-order valence-electron chi connectivity index (χ2n) is 3.58. The molecule has 0 fully saturated rings. The molecule has 0 aromatic heterocycles. The van der Waals surface area contributed by atoms with Crippen LogP contribution in [0.2, 0.25) is 0 Å². The zero-order chi connectivity index (χ0) is 8.20. The average Bonchev–Trinajstić information content (AvgIpc) is 1.87. The molecule has 0 saturated carbocycles. The Bertz CT molecular complexity index is 112. The minimum Gasteiger partial charge on any atom is -0.0800 e. The maximum absolute atomic E-state index is 2.38. The lowest BCUT2D eigenvalue weighted by atomic mass is 9.83. The quantitative estimate of drug-likeness (QED) is 0.523. The topological polar surface area (TPSA) is 0 Å². The van der Waals surface area contributed by atoms with Crippen molar-refractivity contribution >= 4 is 0 Å². The second-order valence-corrected chi connectivity index (χ2v) is 3.58. The van der Waals surface area contributed by atoms with Gasteiger partial charge in [0.2, 0.25) is 0 Å². The predicted octanol–water partition coefficient (Wildman–Crippen LogP) is 3.78. The summed E-state index contributed by atoms with van der Waals surface area (Å²) in [5, 5.41) is 0. The molecule has 0 radical (unpaired) electrons. The summed E-state index contributed by atoms with van der Waals surface area (Å²) in [6.07, 6.45) is 4.87. The Morgan fingerprint density at radius 2 is 1.60 bits per heavy atom. The smallest absolute Gasteiger partial charge is 0.0149 e. The molecular formula is C10H20. The van der Waals surface area contributed by atoms with Crippen molar-refractivity contribution in [3.05, 3.63) is 11.6 Å². The first-order chi connectivity index (χ1) is 4.54. The third-order valence-electron chi connectivity index (χ3n) is 2.25. The normalized spacial score (nSPS) is 11.3. The third-order valence-corrected chi connectivity index (χ3v) is 2.25. The second kappa shape index (κ2) is 3.80. The van der Waals surface area contributed by atoms with E-state index in [2.05, 4.69) is 40.7 Å². The summed E-state index contributed by atoms with van der Waals surface area (Å²) in [6, 6.07) is 0. The molecule has 0 aliphatic heterocycles. The standard InChI is InChI=1S/C10H20/c1-6-10(5,7-2)8-9(3)4/h8H,6-7H2,1-5H3. The van der Waals surface area contributed by atoms with Crippen molar-refractivity contribution in [2.24, 2.45) is 5.41 Å². The van der Waals surface area contributed by atoms with Crippen LogP contribution in [0.1, 0.15) is 47.5 Å². The minimum atomic E-state index is 0.443. The van der Waals surface area contributed by atoms with Gasteiger partial charge < -0.3 is 0 Å². The summed E-state index contributed by atoms with van der Waals surface area (Å²) in [5.41, 5.74) is 1.88. The van der Waals surface area contributed by atoms with Gasteiger partial charge in [-0.3, -0.25) is 0 Å². The highest BCUT2D eigenvalue weighted by atomic mass is 14.2. The van der Waals surface area contributed by atoms with Crippen LogP contribution in [0.25, 0.3) is 0 Å². The maximum Gasteiger partial charge on any atom is -0.0149 e. The van der Waals surface area contributed by atoms with Crippen LogP contribution in [0.3, 0.4) is 0 Å². The largest absolute Gasteiger partial charge is 0.0800 e. The van der Waals surface area contributed by atoms with Gasteiger partial charge in [0.05, 0.1) is 0 Å². The first kappa shape index (κ1) is 9.74. The third kappa shape index (κ3) is 3.05. The fraction of sp³-hybridized carbons (Fsp3) is 0.800. The lowest BCUT2D eigenvalue weighted by Gasteiger charge is -2.22. The van der Waals surface area contributed by atoms with Gasteiger partial charge in [-0.1, -0.05) is 32.4 Å². The molecule has 0 N–H and O–H groups in total. The Hall–Kier alpha value is -0.260. The molecule has 0 nitrogen and oxygen atoms in total. The summed E-state index contributed by atoms with van der Waals surface area (Å²) < 4.78 is 0. The highest BCUT2D eigenvalue weighted by Gasteiger charge is 2.14. The summed E-state index contributed by atoms with van der Waals surface area (Å²) in [7, 11) is 0. The van der Waals surface area contributed by atoms with Crippen LogP contribution in [0.5, 0.6) is 0 Å². The molecule has 0 amide bonds. The molecule has 0 aliphatic carbocycles. The Morgan fingerprint density at radius 3 is 1.70 bits per heavy atom. The highest BCUT2D eigenvalue weighted by Crippen LogP contribution is 2.27. The van der Waals surface area contributed by atoms with E-state index >= 15 is 0 Å². The summed E-state index contributed by atoms with van der Waals surface area (Å²) in [4.78, 5) is 0. The van der Waals surface area contributed by atoms with Gasteiger partial charge in [-0.05, 0) is 32.1 Å². The molecule has 0 aromatic rings. The predicted molar refractivity (Wildman–Crippen MR) is 48.1 cm³/mol. The van der Waals surface area contributed by atoms with Crippen LogP contribution in [0.4, 0.5) is 0 Å². The Balaban J connectivity index is 4.20. The summed E-state index contributed by atoms with van der Waals surface area (Å²) in [5.74, 6) is 0. The minimum absolute atomic E-state index is 0.443. The number of hydrogen-bond donors (Lipinski definition) is 0. The molecule has 60 valence electrons. The summed E-state index contributed by atoms with van der Waals surface area (Å²) >= 11 is 0. The summed E-state index contributed by atoms with van der Waals surface area (Å²) in [6.45, 7) is 11.2. The fourth-order valence-electron chi connectivity index (χ4n) is 1.15. The van der Waals surface area contributed by atoms with Gasteiger partial charge in [-0.25, -0.2) is 0 Å². The van der Waals surface area contributed by atoms with Crippen molar-refractivity contribution in [3.63, 3.8) is 0 Å². The molecule has 0 aromatic carbocycles. The number of rotatable bonds is 3. The van der Waals surface area contributed by atoms with Crippen LogP contribution in [0.15, 0.2) is 11.6 Å². The van der Waals surface area contributed by atoms with Crippen molar-refractivity contribution in [1.82, 2.24) is 0 Å². The fourth-order valence-corrected chi connectivity index (χ4v) is 1.15. The van der Waals surface area contributed by atoms with Gasteiger partial charge in [-0.2, -0.15) is 0 Å². The molecule has 0 atom stereocenters. The number of hydrogen-bond acceptors (Lipinski definition) is 0. The lowest BCUT2D eigenvalue weighted by Crippen LogP contribution is -2.09. The van der Waals surface area contributed by atoms with Gasteiger partial charge in [0.25, 0.3) is 0 Å². The van der Waals surface area contributed by atoms with E-state index in [1.54, 1.807) is 0 Å². The molecule has 0 heterocycles. The van der Waals surface area contributed by atoms with Gasteiger partial charge in [-0.15, -0.1) is 0 Å². The van der Waals surface area contributed by atoms with Crippen molar-refractivity contribution in [2.75, 3.05) is 0 Å². The van der Waals surface area contributed by atoms with Crippen LogP contribution in [-0.4, -0.2) is 0 Å². The van der Waals surface area contributed by atoms with Crippen molar-refractivity contribution < 1.29 is 0 Å². The van der Waals surface area contributed by atoms with Gasteiger partial charge in [0.15, 0.2) is 0 Å². The Kier molecular flexibility index (Phi) is 3.70. The van der Waals surface area contributed by atoms with E-state index in [9.17, 15) is 0 Å². The Morgan fingerprint density at radius 1 is 1.20 bits per heavy atom. The van der Waals surface area contributed by atoms with E-state index in [1.807, 2.05) is 0 Å². The van der Waals surface area contributed by atoms with Crippen LogP contribution in [0, 0.1) is 5.41 Å². The van der Waals surface area contributed by atoms with E-state index in [0.29, 0.717) is 5.41 Å². The van der Waals surface area contributed by atoms with Crippen LogP contribution < -0.4 is 0 Å². The zero-order valence-corrected chi connectivity index (χ0v) is 7.99. The number of allylic oxidation sites excluding steroid dienone is 2. The molecule has 0 heteroatoms. The van der Waals surface area contributed by atoms with Crippen molar-refractivity contribution in [1.29, 1.82) is 0 Å². The van der Waals surface area contributed by atoms with Crippen molar-refractivity contribution in [3.8, 4) is 0 Å². The molecule has 0 aliphatic rings.